The van der Waals surface area contributed by atoms with Crippen LogP contribution in [0.1, 0.15) is 11.3 Å². The molecule has 0 aliphatic rings. The molecule has 0 radical (unpaired) electrons. The highest BCUT2D eigenvalue weighted by molar-refractivity contribution is 7.99. The molecule has 142 valence electrons. The number of benzene rings is 2. The fraction of sp³-hybridized carbons (Fsp3) is 0.211. The molecular weight excluding hydrogens is 384 g/mol. The molecule has 0 fully saturated rings. The molecule has 0 saturated heterocycles. The van der Waals surface area contributed by atoms with E-state index < -0.39 is 16.0 Å². The van der Waals surface area contributed by atoms with Crippen molar-refractivity contribution in [3.63, 3.8) is 0 Å². The molecule has 0 spiro atoms. The minimum Gasteiger partial charge on any atom is -0.480 e. The Hall–Kier alpha value is -2.45. The number of aryl methyl sites for hydroxylation is 1. The van der Waals surface area contributed by atoms with Crippen LogP contribution < -0.4 is 4.72 Å². The van der Waals surface area contributed by atoms with E-state index in [1.165, 1.54) is 0 Å². The first-order valence-corrected chi connectivity index (χ1v) is 10.9. The lowest BCUT2D eigenvalue weighted by Gasteiger charge is -2.07. The molecule has 2 N–H and O–H groups in total. The number of hydrogen-bond acceptors (Lipinski definition) is 4. The van der Waals surface area contributed by atoms with Gasteiger partial charge in [0.25, 0.3) is 0 Å². The largest absolute Gasteiger partial charge is 0.480 e. The van der Waals surface area contributed by atoms with Gasteiger partial charge in [0.2, 0.25) is 10.0 Å². The van der Waals surface area contributed by atoms with Gasteiger partial charge in [-0.25, -0.2) is 8.42 Å². The monoisotopic (exact) mass is 404 g/mol. The Morgan fingerprint density at radius 1 is 1.19 bits per heavy atom. The summed E-state index contributed by atoms with van der Waals surface area (Å²) < 4.78 is 27.4. The highest BCUT2D eigenvalue weighted by atomic mass is 32.2. The minimum atomic E-state index is -3.40. The van der Waals surface area contributed by atoms with E-state index in [1.807, 2.05) is 38.1 Å². The number of anilines is 1. The zero-order valence-electron chi connectivity index (χ0n) is 15.2. The van der Waals surface area contributed by atoms with Crippen LogP contribution in [-0.2, 0) is 21.4 Å². The number of nitrogens with one attached hydrogen (secondary N) is 1. The summed E-state index contributed by atoms with van der Waals surface area (Å²) in [5.41, 5.74) is 3.15. The number of nitrogens with zero attached hydrogens (tertiary/aromatic N) is 1. The van der Waals surface area contributed by atoms with E-state index in [9.17, 15) is 18.3 Å². The number of sulfonamides is 1. The second-order valence-electron chi connectivity index (χ2n) is 6.37. The molecule has 0 saturated carbocycles. The van der Waals surface area contributed by atoms with Gasteiger partial charge in [0.15, 0.2) is 0 Å². The van der Waals surface area contributed by atoms with Crippen LogP contribution in [0.4, 0.5) is 5.69 Å². The predicted molar refractivity (Wildman–Crippen MR) is 108 cm³/mol. The fourth-order valence-corrected chi connectivity index (χ4v) is 4.66. The van der Waals surface area contributed by atoms with Crippen LogP contribution in [-0.4, -0.2) is 30.3 Å². The molecule has 6 nitrogen and oxygen atoms in total. The van der Waals surface area contributed by atoms with E-state index >= 15 is 0 Å². The van der Waals surface area contributed by atoms with Crippen LogP contribution in [0, 0.1) is 13.8 Å². The van der Waals surface area contributed by atoms with Gasteiger partial charge in [-0.3, -0.25) is 9.52 Å². The smallest absolute Gasteiger partial charge is 0.323 e. The predicted octanol–water partition coefficient (Wildman–Crippen LogP) is 3.87. The SMILES string of the molecule is Cc1ccccc1Sc1c(C)n(CC(=O)O)c2ccc(NS(C)(=O)=O)cc12. The first-order valence-electron chi connectivity index (χ1n) is 8.21. The van der Waals surface area contributed by atoms with Gasteiger partial charge in [0.05, 0.1) is 11.8 Å². The zero-order valence-corrected chi connectivity index (χ0v) is 16.8. The van der Waals surface area contributed by atoms with Gasteiger partial charge in [-0.2, -0.15) is 0 Å². The van der Waals surface area contributed by atoms with Crippen molar-refractivity contribution in [1.29, 1.82) is 0 Å². The van der Waals surface area contributed by atoms with E-state index in [1.54, 1.807) is 34.5 Å². The van der Waals surface area contributed by atoms with Gasteiger partial charge >= 0.3 is 5.97 Å². The molecule has 1 heterocycles. The summed E-state index contributed by atoms with van der Waals surface area (Å²) in [6.45, 7) is 3.74. The summed E-state index contributed by atoms with van der Waals surface area (Å²) in [5, 5.41) is 10.1. The van der Waals surface area contributed by atoms with Crippen LogP contribution >= 0.6 is 11.8 Å². The quantitative estimate of drug-likeness (QED) is 0.651. The van der Waals surface area contributed by atoms with Gasteiger partial charge in [0, 0.05) is 26.6 Å². The third-order valence-electron chi connectivity index (χ3n) is 4.17. The Morgan fingerprint density at radius 3 is 2.52 bits per heavy atom. The molecule has 0 bridgehead atoms. The molecule has 3 rings (SSSR count). The Labute approximate surface area is 162 Å². The van der Waals surface area contributed by atoms with Crippen molar-refractivity contribution in [2.24, 2.45) is 0 Å². The maximum absolute atomic E-state index is 11.6. The number of rotatable bonds is 6. The van der Waals surface area contributed by atoms with E-state index in [2.05, 4.69) is 4.72 Å². The van der Waals surface area contributed by atoms with Gasteiger partial charge < -0.3 is 9.67 Å². The first kappa shape index (κ1) is 19.3. The van der Waals surface area contributed by atoms with Crippen LogP contribution in [0.5, 0.6) is 0 Å². The van der Waals surface area contributed by atoms with Gasteiger partial charge in [-0.05, 0) is 43.7 Å². The normalized spacial score (nSPS) is 11.7. The average Bonchev–Trinajstić information content (AvgIpc) is 2.80. The maximum atomic E-state index is 11.6. The number of aromatic nitrogens is 1. The lowest BCUT2D eigenvalue weighted by atomic mass is 10.2. The van der Waals surface area contributed by atoms with Crippen molar-refractivity contribution in [2.45, 2.75) is 30.2 Å². The molecule has 3 aromatic rings. The Balaban J connectivity index is 2.19. The first-order chi connectivity index (χ1) is 12.7. The van der Waals surface area contributed by atoms with Crippen molar-refractivity contribution in [3.05, 3.63) is 53.7 Å². The third-order valence-corrected chi connectivity index (χ3v) is 6.17. The van der Waals surface area contributed by atoms with Crippen LogP contribution in [0.25, 0.3) is 10.9 Å². The third kappa shape index (κ3) is 4.28. The average molecular weight is 405 g/mol. The van der Waals surface area contributed by atoms with Gasteiger partial charge in [-0.1, -0.05) is 30.0 Å². The van der Waals surface area contributed by atoms with Crippen molar-refractivity contribution < 1.29 is 18.3 Å². The Bertz CT molecular complexity index is 1130. The molecule has 1 aromatic heterocycles. The van der Waals surface area contributed by atoms with Gasteiger partial charge in [-0.15, -0.1) is 0 Å². The number of carboxylic acids is 1. The van der Waals surface area contributed by atoms with E-state index in [-0.39, 0.29) is 6.54 Å². The van der Waals surface area contributed by atoms with E-state index in [0.717, 1.165) is 38.2 Å². The highest BCUT2D eigenvalue weighted by Crippen LogP contribution is 2.40. The molecule has 2 aromatic carbocycles. The second-order valence-corrected chi connectivity index (χ2v) is 9.17. The molecule has 0 aliphatic heterocycles. The number of carbonyl (C=O) groups is 1. The van der Waals surface area contributed by atoms with Crippen LogP contribution in [0.2, 0.25) is 0 Å². The summed E-state index contributed by atoms with van der Waals surface area (Å²) in [6, 6.07) is 13.1. The number of aliphatic carboxylic acids is 1. The molecule has 27 heavy (non-hydrogen) atoms. The van der Waals surface area contributed by atoms with Gasteiger partial charge in [0.1, 0.15) is 6.54 Å². The molecule has 8 heteroatoms. The number of hydrogen-bond donors (Lipinski definition) is 2. The molecule has 0 aliphatic carbocycles. The summed E-state index contributed by atoms with van der Waals surface area (Å²) in [7, 11) is -3.40. The van der Waals surface area contributed by atoms with Crippen molar-refractivity contribution in [2.75, 3.05) is 11.0 Å². The lowest BCUT2D eigenvalue weighted by molar-refractivity contribution is -0.137. The topological polar surface area (TPSA) is 88.4 Å². The zero-order chi connectivity index (χ0) is 19.8. The summed E-state index contributed by atoms with van der Waals surface area (Å²) >= 11 is 1.55. The molecule has 0 atom stereocenters. The highest BCUT2D eigenvalue weighted by Gasteiger charge is 2.18. The number of carboxylic acid groups (broad SMARTS) is 1. The molecular formula is C19H20N2O4S2. The lowest BCUT2D eigenvalue weighted by Crippen LogP contribution is -2.10. The summed E-state index contributed by atoms with van der Waals surface area (Å²) in [5.74, 6) is -0.930. The number of fused-ring (bicyclic) bond motifs is 1. The van der Waals surface area contributed by atoms with Crippen molar-refractivity contribution in [3.8, 4) is 0 Å². The Kier molecular flexibility index (Phi) is 5.21. The van der Waals surface area contributed by atoms with Crippen molar-refractivity contribution in [1.82, 2.24) is 4.57 Å². The standard InChI is InChI=1S/C19H20N2O4S2/c1-12-6-4-5-7-17(12)26-19-13(2)21(11-18(22)23)16-9-8-14(10-15(16)19)20-27(3,24)25/h4-10,20H,11H2,1-3H3,(H,22,23). The molecule has 0 unspecified atom stereocenters. The summed E-state index contributed by atoms with van der Waals surface area (Å²) in [6.07, 6.45) is 1.10. The van der Waals surface area contributed by atoms with Crippen molar-refractivity contribution >= 4 is 44.3 Å². The fourth-order valence-electron chi connectivity index (χ4n) is 2.98. The minimum absolute atomic E-state index is 0.157. The van der Waals surface area contributed by atoms with Crippen LogP contribution in [0.15, 0.2) is 52.3 Å². The summed E-state index contributed by atoms with van der Waals surface area (Å²) in [4.78, 5) is 13.3. The van der Waals surface area contributed by atoms with E-state index in [4.69, 9.17) is 0 Å². The van der Waals surface area contributed by atoms with E-state index in [0.29, 0.717) is 5.69 Å². The second kappa shape index (κ2) is 7.28. The maximum Gasteiger partial charge on any atom is 0.323 e. The Morgan fingerprint density at radius 2 is 1.89 bits per heavy atom. The molecule has 0 amide bonds. The van der Waals surface area contributed by atoms with Crippen LogP contribution in [0.3, 0.4) is 0 Å².